The van der Waals surface area contributed by atoms with Crippen LogP contribution >= 0.6 is 11.3 Å². The summed E-state index contributed by atoms with van der Waals surface area (Å²) in [7, 11) is 3.99. The fraction of sp³-hybridized carbons (Fsp3) is 0.533. The van der Waals surface area contributed by atoms with Crippen LogP contribution in [0.2, 0.25) is 0 Å². The highest BCUT2D eigenvalue weighted by Crippen LogP contribution is 2.42. The molecule has 3 aromatic rings. The summed E-state index contributed by atoms with van der Waals surface area (Å²) in [4.78, 5) is 38.7. The van der Waals surface area contributed by atoms with Gasteiger partial charge in [0, 0.05) is 70.3 Å². The van der Waals surface area contributed by atoms with Crippen LogP contribution in [-0.4, -0.2) is 96.6 Å². The molecule has 10 nitrogen and oxygen atoms in total. The highest BCUT2D eigenvalue weighted by atomic mass is 32.1. The predicted octanol–water partition coefficient (Wildman–Crippen LogP) is 4.65. The van der Waals surface area contributed by atoms with Crippen molar-refractivity contribution < 1.29 is 4.79 Å². The molecule has 2 saturated heterocycles. The molecule has 1 aromatic carbocycles. The number of amides is 1. The van der Waals surface area contributed by atoms with Crippen LogP contribution in [0.1, 0.15) is 47.2 Å². The number of hydrogen-bond donors (Lipinski definition) is 1. The summed E-state index contributed by atoms with van der Waals surface area (Å²) in [6, 6.07) is 7.32. The average molecular weight is 576 g/mol. The van der Waals surface area contributed by atoms with Crippen LogP contribution < -0.4 is 20.0 Å². The molecule has 0 unspecified atom stereocenters. The Morgan fingerprint density at radius 3 is 2.49 bits per heavy atom. The Labute approximate surface area is 247 Å². The Morgan fingerprint density at radius 2 is 1.78 bits per heavy atom. The Kier molecular flexibility index (Phi) is 7.84. The molecular formula is C30H41N9OS. The Morgan fingerprint density at radius 1 is 1.02 bits per heavy atom. The van der Waals surface area contributed by atoms with Gasteiger partial charge in [-0.1, -0.05) is 6.92 Å². The van der Waals surface area contributed by atoms with E-state index in [4.69, 9.17) is 4.98 Å². The molecule has 2 aromatic heterocycles. The molecule has 1 amide bonds. The summed E-state index contributed by atoms with van der Waals surface area (Å²) >= 11 is 1.53. The van der Waals surface area contributed by atoms with Gasteiger partial charge < -0.3 is 24.9 Å². The van der Waals surface area contributed by atoms with Crippen LogP contribution in [0, 0.1) is 13.8 Å². The summed E-state index contributed by atoms with van der Waals surface area (Å²) in [5.41, 5.74) is 4.57. The van der Waals surface area contributed by atoms with Crippen molar-refractivity contribution in [3.63, 3.8) is 0 Å². The first-order valence-electron chi connectivity index (χ1n) is 14.8. The van der Waals surface area contributed by atoms with Crippen molar-refractivity contribution in [2.45, 2.75) is 46.1 Å². The van der Waals surface area contributed by atoms with Crippen LogP contribution in [-0.2, 0) is 0 Å². The average Bonchev–Trinajstić information content (AvgIpc) is 3.35. The molecule has 0 spiro atoms. The molecule has 2 fully saturated rings. The number of nitrogens with zero attached hydrogens (tertiary/aromatic N) is 8. The van der Waals surface area contributed by atoms with Gasteiger partial charge in [0.1, 0.15) is 10.7 Å². The molecule has 5 heterocycles. The SMILES string of the molecule is CCCN1c2nc(Nc3ccc(N4CCC(N5CCN(C)CC5)CC4)cc3C)ncc2N(C)C(=O)c2nc(C)sc21. The second-order valence-corrected chi connectivity index (χ2v) is 12.7. The number of rotatable bonds is 6. The van der Waals surface area contributed by atoms with Gasteiger partial charge in [-0.05, 0) is 63.9 Å². The molecule has 0 aliphatic carbocycles. The van der Waals surface area contributed by atoms with Crippen LogP contribution in [0.25, 0.3) is 0 Å². The molecule has 0 radical (unpaired) electrons. The van der Waals surface area contributed by atoms with E-state index < -0.39 is 0 Å². The van der Waals surface area contributed by atoms with Gasteiger partial charge >= 0.3 is 0 Å². The van der Waals surface area contributed by atoms with Crippen molar-refractivity contribution in [2.24, 2.45) is 0 Å². The number of carbonyl (C=O) groups is 1. The number of benzene rings is 1. The van der Waals surface area contributed by atoms with Gasteiger partial charge in [-0.2, -0.15) is 4.98 Å². The fourth-order valence-electron chi connectivity index (χ4n) is 6.18. The number of hydrogen-bond acceptors (Lipinski definition) is 10. The van der Waals surface area contributed by atoms with Gasteiger partial charge in [0.2, 0.25) is 5.95 Å². The lowest BCUT2D eigenvalue weighted by Crippen LogP contribution is -2.52. The third-order valence-electron chi connectivity index (χ3n) is 8.62. The van der Waals surface area contributed by atoms with Gasteiger partial charge in [0.15, 0.2) is 11.5 Å². The Hall–Kier alpha value is -3.28. The second-order valence-electron chi connectivity index (χ2n) is 11.5. The second kappa shape index (κ2) is 11.5. The number of aromatic nitrogens is 3. The molecule has 3 aliphatic rings. The molecule has 11 heteroatoms. The molecule has 6 rings (SSSR count). The zero-order valence-corrected chi connectivity index (χ0v) is 25.7. The maximum Gasteiger partial charge on any atom is 0.279 e. The first-order valence-corrected chi connectivity index (χ1v) is 15.6. The summed E-state index contributed by atoms with van der Waals surface area (Å²) in [5, 5.41) is 5.17. The number of aryl methyl sites for hydroxylation is 2. The van der Waals surface area contributed by atoms with Gasteiger partial charge in [0.25, 0.3) is 5.91 Å². The van der Waals surface area contributed by atoms with Crippen LogP contribution in [0.4, 0.5) is 33.8 Å². The molecule has 0 bridgehead atoms. The maximum atomic E-state index is 13.2. The fourth-order valence-corrected chi connectivity index (χ4v) is 7.11. The molecule has 0 saturated carbocycles. The number of likely N-dealkylation sites (N-methyl/N-ethyl adjacent to an activating group) is 1. The van der Waals surface area contributed by atoms with Crippen molar-refractivity contribution in [1.82, 2.24) is 24.8 Å². The molecule has 41 heavy (non-hydrogen) atoms. The summed E-state index contributed by atoms with van der Waals surface area (Å²) < 4.78 is 0. The topological polar surface area (TPSA) is 84.0 Å². The molecule has 3 aliphatic heterocycles. The Balaban J connectivity index is 1.18. The third-order valence-corrected chi connectivity index (χ3v) is 9.62. The van der Waals surface area contributed by atoms with E-state index in [0.29, 0.717) is 23.4 Å². The number of anilines is 6. The quantitative estimate of drug-likeness (QED) is 0.452. The van der Waals surface area contributed by atoms with E-state index in [0.717, 1.165) is 53.1 Å². The number of piperazine rings is 1. The largest absolute Gasteiger partial charge is 0.371 e. The first-order chi connectivity index (χ1) is 19.8. The van der Waals surface area contributed by atoms with E-state index in [-0.39, 0.29) is 5.91 Å². The minimum atomic E-state index is -0.132. The highest BCUT2D eigenvalue weighted by Gasteiger charge is 2.33. The monoisotopic (exact) mass is 575 g/mol. The zero-order chi connectivity index (χ0) is 28.7. The van der Waals surface area contributed by atoms with E-state index in [2.05, 4.69) is 74.0 Å². The molecule has 1 N–H and O–H groups in total. The standard InChI is InChI=1S/C30H41N9OS/c1-6-11-39-27-25(36(5)28(40)26-29(39)41-21(3)32-26)19-31-30(34-27)33-24-8-7-23(18-20(24)2)37-12-9-22(10-13-37)38-16-14-35(4)15-17-38/h7-8,18-19,22H,6,9-17H2,1-5H3,(H,31,33,34). The number of carbonyl (C=O) groups excluding carboxylic acids is 1. The molecular weight excluding hydrogens is 534 g/mol. The van der Waals surface area contributed by atoms with E-state index in [1.54, 1.807) is 18.1 Å². The number of nitrogens with one attached hydrogen (secondary N) is 1. The number of piperidine rings is 1. The Bertz CT molecular complexity index is 1410. The zero-order valence-electron chi connectivity index (χ0n) is 24.9. The minimum Gasteiger partial charge on any atom is -0.371 e. The summed E-state index contributed by atoms with van der Waals surface area (Å²) in [5.74, 6) is 1.10. The first kappa shape index (κ1) is 27.9. The third kappa shape index (κ3) is 5.50. The van der Waals surface area contributed by atoms with Crippen molar-refractivity contribution in [3.8, 4) is 0 Å². The van der Waals surface area contributed by atoms with E-state index in [1.807, 2.05) is 6.92 Å². The number of thiazole rings is 1. The molecule has 0 atom stereocenters. The minimum absolute atomic E-state index is 0.132. The van der Waals surface area contributed by atoms with Crippen molar-refractivity contribution >= 4 is 51.1 Å². The maximum absolute atomic E-state index is 13.2. The van der Waals surface area contributed by atoms with Gasteiger partial charge in [0.05, 0.1) is 11.2 Å². The van der Waals surface area contributed by atoms with Crippen molar-refractivity contribution in [1.29, 1.82) is 0 Å². The normalized spacial score (nSPS) is 18.9. The lowest BCUT2D eigenvalue weighted by molar-refractivity contribution is 0.0982. The van der Waals surface area contributed by atoms with Crippen molar-refractivity contribution in [3.05, 3.63) is 40.7 Å². The van der Waals surface area contributed by atoms with Crippen molar-refractivity contribution in [2.75, 3.05) is 79.9 Å². The van der Waals surface area contributed by atoms with Gasteiger partial charge in [-0.15, -0.1) is 11.3 Å². The van der Waals surface area contributed by atoms with Crippen LogP contribution in [0.15, 0.2) is 24.4 Å². The molecule has 218 valence electrons. The van der Waals surface area contributed by atoms with E-state index in [9.17, 15) is 4.79 Å². The van der Waals surface area contributed by atoms with Gasteiger partial charge in [-0.3, -0.25) is 9.69 Å². The summed E-state index contributed by atoms with van der Waals surface area (Å²) in [6.07, 6.45) is 5.09. The lowest BCUT2D eigenvalue weighted by atomic mass is 10.0. The van der Waals surface area contributed by atoms with E-state index in [1.165, 1.54) is 56.0 Å². The summed E-state index contributed by atoms with van der Waals surface area (Å²) in [6.45, 7) is 13.9. The van der Waals surface area contributed by atoms with Gasteiger partial charge in [-0.25, -0.2) is 9.97 Å². The highest BCUT2D eigenvalue weighted by molar-refractivity contribution is 7.16. The predicted molar refractivity (Wildman–Crippen MR) is 168 cm³/mol. The lowest BCUT2D eigenvalue weighted by Gasteiger charge is -2.42. The smallest absolute Gasteiger partial charge is 0.279 e. The van der Waals surface area contributed by atoms with E-state index >= 15 is 0 Å². The number of fused-ring (bicyclic) bond motifs is 2. The van der Waals surface area contributed by atoms with Crippen LogP contribution in [0.3, 0.4) is 0 Å². The van der Waals surface area contributed by atoms with Crippen LogP contribution in [0.5, 0.6) is 0 Å².